The minimum Gasteiger partial charge on any atom is -0.394 e. The summed E-state index contributed by atoms with van der Waals surface area (Å²) in [4.78, 5) is 7.54. The Bertz CT molecular complexity index is 334. The second-order valence-corrected chi connectivity index (χ2v) is 3.46. The molecule has 0 aliphatic rings. The number of aromatic nitrogens is 2. The summed E-state index contributed by atoms with van der Waals surface area (Å²) in [6, 6.07) is -0.543. The molecule has 0 unspecified atom stereocenters. The predicted octanol–water partition coefficient (Wildman–Crippen LogP) is -0.134. The van der Waals surface area contributed by atoms with Crippen LogP contribution in [-0.4, -0.2) is 38.9 Å². The van der Waals surface area contributed by atoms with Crippen LogP contribution >= 0.6 is 11.6 Å². The highest BCUT2D eigenvalue weighted by Gasteiger charge is 2.16. The van der Waals surface area contributed by atoms with E-state index in [1.54, 1.807) is 6.92 Å². The van der Waals surface area contributed by atoms with Crippen molar-refractivity contribution in [1.82, 2.24) is 9.97 Å². The average Bonchev–Trinajstić information content (AvgIpc) is 2.19. The molecular weight excluding hydrogens is 220 g/mol. The third-order valence-electron chi connectivity index (χ3n) is 1.94. The molecule has 6 nitrogen and oxygen atoms in total. The fourth-order valence-electron chi connectivity index (χ4n) is 0.984. The van der Waals surface area contributed by atoms with Crippen molar-refractivity contribution in [3.8, 4) is 0 Å². The molecule has 0 bridgehead atoms. The second kappa shape index (κ2) is 5.11. The minimum atomic E-state index is -0.733. The molecule has 0 aliphatic carbocycles. The van der Waals surface area contributed by atoms with Gasteiger partial charge < -0.3 is 21.3 Å². The number of hydrogen-bond donors (Lipinski definition) is 4. The minimum absolute atomic E-state index is 0.134. The lowest BCUT2D eigenvalue weighted by atomic mass is 10.2. The lowest BCUT2D eigenvalue weighted by molar-refractivity contribution is 0.132. The summed E-state index contributed by atoms with van der Waals surface area (Å²) in [5, 5.41) is 21.2. The van der Waals surface area contributed by atoms with Crippen LogP contribution in [0.3, 0.4) is 0 Å². The molecule has 2 atom stereocenters. The molecular formula is C8H13ClN4O2. The van der Waals surface area contributed by atoms with Gasteiger partial charge >= 0.3 is 0 Å². The van der Waals surface area contributed by atoms with E-state index in [9.17, 15) is 5.11 Å². The Morgan fingerprint density at radius 1 is 1.60 bits per heavy atom. The largest absolute Gasteiger partial charge is 0.394 e. The van der Waals surface area contributed by atoms with Crippen molar-refractivity contribution >= 4 is 23.1 Å². The van der Waals surface area contributed by atoms with Crippen LogP contribution in [0.4, 0.5) is 11.5 Å². The summed E-state index contributed by atoms with van der Waals surface area (Å²) in [5.41, 5.74) is 5.80. The molecule has 1 aromatic rings. The van der Waals surface area contributed by atoms with Gasteiger partial charge in [0.2, 0.25) is 0 Å². The molecule has 15 heavy (non-hydrogen) atoms. The third-order valence-corrected chi connectivity index (χ3v) is 2.24. The van der Waals surface area contributed by atoms with Gasteiger partial charge in [-0.15, -0.1) is 0 Å². The van der Waals surface area contributed by atoms with Crippen molar-refractivity contribution in [2.75, 3.05) is 17.7 Å². The first kappa shape index (κ1) is 12.0. The van der Waals surface area contributed by atoms with Gasteiger partial charge in [0.05, 0.1) is 18.8 Å². The van der Waals surface area contributed by atoms with Gasteiger partial charge in [-0.25, -0.2) is 9.97 Å². The van der Waals surface area contributed by atoms with E-state index in [-0.39, 0.29) is 17.4 Å². The molecule has 1 rings (SSSR count). The van der Waals surface area contributed by atoms with Gasteiger partial charge in [-0.05, 0) is 6.92 Å². The topological polar surface area (TPSA) is 104 Å². The fourth-order valence-corrected chi connectivity index (χ4v) is 1.12. The van der Waals surface area contributed by atoms with Crippen molar-refractivity contribution in [3.63, 3.8) is 0 Å². The van der Waals surface area contributed by atoms with E-state index in [0.29, 0.717) is 5.82 Å². The number of nitrogens with one attached hydrogen (secondary N) is 1. The summed E-state index contributed by atoms with van der Waals surface area (Å²) in [7, 11) is 0. The zero-order chi connectivity index (χ0) is 11.4. The first-order valence-electron chi connectivity index (χ1n) is 4.37. The lowest BCUT2D eigenvalue weighted by Crippen LogP contribution is -2.35. The molecule has 1 aromatic heterocycles. The van der Waals surface area contributed by atoms with Crippen LogP contribution in [0.25, 0.3) is 0 Å². The first-order valence-corrected chi connectivity index (χ1v) is 4.75. The van der Waals surface area contributed by atoms with E-state index in [2.05, 4.69) is 15.3 Å². The summed E-state index contributed by atoms with van der Waals surface area (Å²) >= 11 is 5.68. The molecule has 0 saturated carbocycles. The van der Waals surface area contributed by atoms with Crippen LogP contribution in [0, 0.1) is 0 Å². The number of nitrogen functional groups attached to an aromatic ring is 1. The van der Waals surface area contributed by atoms with Crippen molar-refractivity contribution in [1.29, 1.82) is 0 Å². The van der Waals surface area contributed by atoms with E-state index in [0.717, 1.165) is 0 Å². The second-order valence-electron chi connectivity index (χ2n) is 3.10. The zero-order valence-electron chi connectivity index (χ0n) is 8.18. The smallest absolute Gasteiger partial charge is 0.157 e. The summed E-state index contributed by atoms with van der Waals surface area (Å²) in [5.74, 6) is 0.301. The number of aliphatic hydroxyl groups excluding tert-OH is 2. The number of halogens is 1. The molecule has 5 N–H and O–H groups in total. The number of hydrogen-bond acceptors (Lipinski definition) is 6. The number of anilines is 2. The molecule has 0 saturated heterocycles. The molecule has 0 amide bonds. The standard InChI is InChI=1S/C8H13ClN4O2/c1-4(15)5(2-14)13-8-6(10)7(9)11-3-12-8/h3-5,14-15H,2,10H2,1H3,(H,11,12,13)/t4-,5-/m1/s1. The van der Waals surface area contributed by atoms with E-state index >= 15 is 0 Å². The van der Waals surface area contributed by atoms with Crippen LogP contribution in [0.5, 0.6) is 0 Å². The predicted molar refractivity (Wildman–Crippen MR) is 57.6 cm³/mol. The Morgan fingerprint density at radius 2 is 2.27 bits per heavy atom. The molecule has 1 heterocycles. The summed E-state index contributed by atoms with van der Waals surface area (Å²) in [6.07, 6.45) is 0.514. The van der Waals surface area contributed by atoms with E-state index in [1.165, 1.54) is 6.33 Å². The van der Waals surface area contributed by atoms with Crippen molar-refractivity contribution < 1.29 is 10.2 Å². The van der Waals surface area contributed by atoms with Crippen LogP contribution < -0.4 is 11.1 Å². The molecule has 0 fully saturated rings. The SMILES string of the molecule is C[C@@H](O)[C@@H](CO)Nc1ncnc(Cl)c1N. The molecule has 7 heteroatoms. The van der Waals surface area contributed by atoms with E-state index < -0.39 is 12.1 Å². The van der Waals surface area contributed by atoms with Crippen molar-refractivity contribution in [2.24, 2.45) is 0 Å². The van der Waals surface area contributed by atoms with Crippen molar-refractivity contribution in [2.45, 2.75) is 19.1 Å². The van der Waals surface area contributed by atoms with Gasteiger partial charge in [-0.2, -0.15) is 0 Å². The van der Waals surface area contributed by atoms with Crippen LogP contribution in [0.1, 0.15) is 6.92 Å². The highest BCUT2D eigenvalue weighted by molar-refractivity contribution is 6.32. The Balaban J connectivity index is 2.84. The van der Waals surface area contributed by atoms with E-state index in [4.69, 9.17) is 22.4 Å². The third kappa shape index (κ3) is 2.92. The number of rotatable bonds is 4. The van der Waals surface area contributed by atoms with Gasteiger partial charge in [-0.1, -0.05) is 11.6 Å². The van der Waals surface area contributed by atoms with Gasteiger partial charge in [0.25, 0.3) is 0 Å². The first-order chi connectivity index (χ1) is 7.06. The highest BCUT2D eigenvalue weighted by Crippen LogP contribution is 2.22. The van der Waals surface area contributed by atoms with Crippen LogP contribution in [-0.2, 0) is 0 Å². The zero-order valence-corrected chi connectivity index (χ0v) is 8.94. The molecule has 0 radical (unpaired) electrons. The van der Waals surface area contributed by atoms with Gasteiger partial charge in [0.15, 0.2) is 11.0 Å². The molecule has 84 valence electrons. The van der Waals surface area contributed by atoms with Crippen LogP contribution in [0.2, 0.25) is 5.15 Å². The van der Waals surface area contributed by atoms with Gasteiger partial charge in [0, 0.05) is 0 Å². The fraction of sp³-hybridized carbons (Fsp3) is 0.500. The highest BCUT2D eigenvalue weighted by atomic mass is 35.5. The van der Waals surface area contributed by atoms with Crippen LogP contribution in [0.15, 0.2) is 6.33 Å². The Hall–Kier alpha value is -1.11. The maximum atomic E-state index is 9.29. The van der Waals surface area contributed by atoms with Gasteiger partial charge in [-0.3, -0.25) is 0 Å². The quantitative estimate of drug-likeness (QED) is 0.539. The Labute approximate surface area is 92.1 Å². The number of aliphatic hydroxyl groups is 2. The average molecular weight is 233 g/mol. The summed E-state index contributed by atoms with van der Waals surface area (Å²) < 4.78 is 0. The molecule has 0 aromatic carbocycles. The Morgan fingerprint density at radius 3 is 2.80 bits per heavy atom. The van der Waals surface area contributed by atoms with Gasteiger partial charge in [0.1, 0.15) is 12.0 Å². The molecule has 0 spiro atoms. The lowest BCUT2D eigenvalue weighted by Gasteiger charge is -2.20. The normalized spacial score (nSPS) is 14.7. The maximum Gasteiger partial charge on any atom is 0.157 e. The van der Waals surface area contributed by atoms with Crippen molar-refractivity contribution in [3.05, 3.63) is 11.5 Å². The van der Waals surface area contributed by atoms with E-state index in [1.807, 2.05) is 0 Å². The number of nitrogens with zero attached hydrogens (tertiary/aromatic N) is 2. The summed E-state index contributed by atoms with van der Waals surface area (Å²) in [6.45, 7) is 1.31. The molecule has 0 aliphatic heterocycles. The Kier molecular flexibility index (Phi) is 4.07. The monoisotopic (exact) mass is 232 g/mol. The number of nitrogens with two attached hydrogens (primary N) is 1. The maximum absolute atomic E-state index is 9.29.